The van der Waals surface area contributed by atoms with E-state index in [9.17, 15) is 4.79 Å². The second kappa shape index (κ2) is 11.2. The number of ether oxygens (including phenoxy) is 2. The smallest absolute Gasteiger partial charge is 0.258 e. The molecule has 0 saturated heterocycles. The lowest BCUT2D eigenvalue weighted by Gasteiger charge is -2.17. The van der Waals surface area contributed by atoms with E-state index in [-0.39, 0.29) is 6.10 Å². The SMILES string of the molecule is CCCCCOC(C)COc1ccccc1-c1cc(C(=O)NC(=N)N)c2ccccc2n1. The van der Waals surface area contributed by atoms with E-state index in [0.29, 0.717) is 34.5 Å². The van der Waals surface area contributed by atoms with Gasteiger partial charge < -0.3 is 15.2 Å². The van der Waals surface area contributed by atoms with E-state index in [0.717, 1.165) is 31.4 Å². The van der Waals surface area contributed by atoms with Gasteiger partial charge in [-0.05, 0) is 37.6 Å². The molecular formula is C25H30N4O3. The molecule has 4 N–H and O–H groups in total. The summed E-state index contributed by atoms with van der Waals surface area (Å²) in [5.41, 5.74) is 7.80. The molecule has 0 aliphatic carbocycles. The van der Waals surface area contributed by atoms with Gasteiger partial charge in [0.15, 0.2) is 5.96 Å². The Kier molecular flexibility index (Phi) is 8.16. The number of aromatic nitrogens is 1. The number of nitrogens with two attached hydrogens (primary N) is 1. The van der Waals surface area contributed by atoms with Crippen LogP contribution in [0.4, 0.5) is 0 Å². The van der Waals surface area contributed by atoms with Gasteiger partial charge in [-0.2, -0.15) is 0 Å². The van der Waals surface area contributed by atoms with Crippen molar-refractivity contribution in [1.82, 2.24) is 10.3 Å². The third kappa shape index (κ3) is 6.04. The second-order valence-corrected chi connectivity index (χ2v) is 7.64. The molecule has 1 heterocycles. The number of nitrogens with zero attached hydrogens (tertiary/aromatic N) is 1. The summed E-state index contributed by atoms with van der Waals surface area (Å²) in [6.45, 7) is 5.29. The Morgan fingerprint density at radius 3 is 2.69 bits per heavy atom. The summed E-state index contributed by atoms with van der Waals surface area (Å²) in [5, 5.41) is 10.4. The van der Waals surface area contributed by atoms with Crippen molar-refractivity contribution in [3.8, 4) is 17.0 Å². The number of benzene rings is 2. The summed E-state index contributed by atoms with van der Waals surface area (Å²) >= 11 is 0. The van der Waals surface area contributed by atoms with Gasteiger partial charge in [0, 0.05) is 17.6 Å². The van der Waals surface area contributed by atoms with Crippen LogP contribution in [0.25, 0.3) is 22.2 Å². The number of rotatable bonds is 10. The molecule has 0 aliphatic heterocycles. The number of hydrogen-bond acceptors (Lipinski definition) is 5. The lowest BCUT2D eigenvalue weighted by atomic mass is 10.0. The first kappa shape index (κ1) is 23.2. The maximum Gasteiger partial charge on any atom is 0.258 e. The summed E-state index contributed by atoms with van der Waals surface area (Å²) in [4.78, 5) is 17.4. The first-order valence-corrected chi connectivity index (χ1v) is 10.9. The van der Waals surface area contributed by atoms with Gasteiger partial charge in [-0.15, -0.1) is 0 Å². The van der Waals surface area contributed by atoms with E-state index in [1.165, 1.54) is 0 Å². The summed E-state index contributed by atoms with van der Waals surface area (Å²) in [7, 11) is 0. The van der Waals surface area contributed by atoms with Gasteiger partial charge in [-0.25, -0.2) is 4.98 Å². The Hall–Kier alpha value is -3.45. The zero-order valence-corrected chi connectivity index (χ0v) is 18.6. The maximum absolute atomic E-state index is 12.7. The number of carbonyl (C=O) groups is 1. The van der Waals surface area contributed by atoms with Crippen molar-refractivity contribution in [2.24, 2.45) is 5.73 Å². The lowest BCUT2D eigenvalue weighted by Crippen LogP contribution is -2.35. The Morgan fingerprint density at radius 2 is 1.91 bits per heavy atom. The molecule has 1 unspecified atom stereocenters. The average Bonchev–Trinajstić information content (AvgIpc) is 2.79. The van der Waals surface area contributed by atoms with Crippen molar-refractivity contribution in [2.75, 3.05) is 13.2 Å². The molecule has 7 heteroatoms. The molecule has 0 aliphatic rings. The van der Waals surface area contributed by atoms with E-state index in [1.54, 1.807) is 6.07 Å². The quantitative estimate of drug-likeness (QED) is 0.247. The standard InChI is InChI=1S/C25H30N4O3/c1-3-4-9-14-31-17(2)16-32-23-13-8-6-11-19(23)22-15-20(24(30)29-25(26)27)18-10-5-7-12-21(18)28-22/h5-8,10-13,15,17H,3-4,9,14,16H2,1-2H3,(H4,26,27,29,30). The Labute approximate surface area is 188 Å². The Morgan fingerprint density at radius 1 is 1.16 bits per heavy atom. The lowest BCUT2D eigenvalue weighted by molar-refractivity contribution is 0.0305. The third-order valence-electron chi connectivity index (χ3n) is 5.00. The molecular weight excluding hydrogens is 404 g/mol. The van der Waals surface area contributed by atoms with Crippen LogP contribution in [0.2, 0.25) is 0 Å². The number of fused-ring (bicyclic) bond motifs is 1. The Balaban J connectivity index is 1.87. The number of guanidine groups is 1. The van der Waals surface area contributed by atoms with E-state index >= 15 is 0 Å². The van der Waals surface area contributed by atoms with Crippen LogP contribution in [-0.4, -0.2) is 36.2 Å². The van der Waals surface area contributed by atoms with Gasteiger partial charge >= 0.3 is 0 Å². The van der Waals surface area contributed by atoms with Crippen molar-refractivity contribution in [3.05, 3.63) is 60.2 Å². The van der Waals surface area contributed by atoms with E-state index < -0.39 is 11.9 Å². The second-order valence-electron chi connectivity index (χ2n) is 7.64. The van der Waals surface area contributed by atoms with Crippen LogP contribution in [0.3, 0.4) is 0 Å². The van der Waals surface area contributed by atoms with Crippen LogP contribution in [-0.2, 0) is 4.74 Å². The van der Waals surface area contributed by atoms with E-state index in [1.807, 2.05) is 55.5 Å². The highest BCUT2D eigenvalue weighted by molar-refractivity contribution is 6.12. The minimum absolute atomic E-state index is 0.0404. The van der Waals surface area contributed by atoms with Gasteiger partial charge in [0.25, 0.3) is 5.91 Å². The molecule has 1 amide bonds. The number of hydrogen-bond donors (Lipinski definition) is 3. The zero-order chi connectivity index (χ0) is 22.9. The van der Waals surface area contributed by atoms with Crippen molar-refractivity contribution in [1.29, 1.82) is 5.41 Å². The maximum atomic E-state index is 12.7. The normalized spacial score (nSPS) is 11.8. The monoisotopic (exact) mass is 434 g/mol. The molecule has 0 spiro atoms. The number of pyridine rings is 1. The molecule has 2 aromatic carbocycles. The minimum Gasteiger partial charge on any atom is -0.490 e. The predicted octanol–water partition coefficient (Wildman–Crippen LogP) is 4.50. The van der Waals surface area contributed by atoms with Gasteiger partial charge in [0.05, 0.1) is 22.9 Å². The largest absolute Gasteiger partial charge is 0.490 e. The van der Waals surface area contributed by atoms with Gasteiger partial charge in [-0.3, -0.25) is 15.5 Å². The molecule has 0 radical (unpaired) electrons. The summed E-state index contributed by atoms with van der Waals surface area (Å²) in [6.07, 6.45) is 3.32. The van der Waals surface area contributed by atoms with Crippen molar-refractivity contribution in [3.63, 3.8) is 0 Å². The van der Waals surface area contributed by atoms with Crippen LogP contribution >= 0.6 is 0 Å². The minimum atomic E-state index is -0.454. The van der Waals surface area contributed by atoms with Crippen LogP contribution in [0.15, 0.2) is 54.6 Å². The fraction of sp³-hybridized carbons (Fsp3) is 0.320. The molecule has 0 fully saturated rings. The fourth-order valence-corrected chi connectivity index (χ4v) is 3.39. The zero-order valence-electron chi connectivity index (χ0n) is 18.6. The van der Waals surface area contributed by atoms with Crippen LogP contribution in [0.1, 0.15) is 43.5 Å². The number of carbonyl (C=O) groups excluding carboxylic acids is 1. The highest BCUT2D eigenvalue weighted by atomic mass is 16.5. The number of unbranched alkanes of at least 4 members (excludes halogenated alkanes) is 2. The van der Waals surface area contributed by atoms with Crippen molar-refractivity contribution in [2.45, 2.75) is 39.2 Å². The Bertz CT molecular complexity index is 1080. The first-order chi connectivity index (χ1) is 15.5. The number of amides is 1. The summed E-state index contributed by atoms with van der Waals surface area (Å²) in [6, 6.07) is 16.7. The van der Waals surface area contributed by atoms with Gasteiger partial charge in [-0.1, -0.05) is 50.1 Å². The third-order valence-corrected chi connectivity index (χ3v) is 5.00. The molecule has 7 nitrogen and oxygen atoms in total. The molecule has 0 bridgehead atoms. The van der Waals surface area contributed by atoms with Gasteiger partial charge in [0.1, 0.15) is 12.4 Å². The molecule has 3 aromatic rings. The summed E-state index contributed by atoms with van der Waals surface area (Å²) < 4.78 is 11.9. The van der Waals surface area contributed by atoms with Gasteiger partial charge in [0.2, 0.25) is 0 Å². The molecule has 168 valence electrons. The molecule has 3 rings (SSSR count). The molecule has 1 aromatic heterocycles. The predicted molar refractivity (Wildman–Crippen MR) is 127 cm³/mol. The first-order valence-electron chi connectivity index (χ1n) is 10.9. The number of nitrogens with one attached hydrogen (secondary N) is 2. The van der Waals surface area contributed by atoms with E-state index in [4.69, 9.17) is 25.6 Å². The highest BCUT2D eigenvalue weighted by Gasteiger charge is 2.17. The topological polar surface area (TPSA) is 110 Å². The van der Waals surface area contributed by atoms with E-state index in [2.05, 4.69) is 12.2 Å². The fourth-order valence-electron chi connectivity index (χ4n) is 3.39. The van der Waals surface area contributed by atoms with Crippen LogP contribution < -0.4 is 15.8 Å². The van der Waals surface area contributed by atoms with Crippen molar-refractivity contribution < 1.29 is 14.3 Å². The molecule has 32 heavy (non-hydrogen) atoms. The highest BCUT2D eigenvalue weighted by Crippen LogP contribution is 2.31. The molecule has 0 saturated carbocycles. The average molecular weight is 435 g/mol. The summed E-state index contributed by atoms with van der Waals surface area (Å²) in [5.74, 6) is -0.198. The van der Waals surface area contributed by atoms with Crippen LogP contribution in [0, 0.1) is 5.41 Å². The number of para-hydroxylation sites is 2. The van der Waals surface area contributed by atoms with Crippen LogP contribution in [0.5, 0.6) is 5.75 Å². The van der Waals surface area contributed by atoms with Crippen molar-refractivity contribution >= 4 is 22.8 Å². The molecule has 1 atom stereocenters.